The molecular formula is C13H12F3NO3. The van der Waals surface area contributed by atoms with E-state index in [0.29, 0.717) is 0 Å². The van der Waals surface area contributed by atoms with Crippen molar-refractivity contribution in [3.8, 4) is 0 Å². The molecular weight excluding hydrogens is 275 g/mol. The van der Waals surface area contributed by atoms with Gasteiger partial charge in [-0.2, -0.15) is 13.2 Å². The first-order chi connectivity index (χ1) is 9.16. The summed E-state index contributed by atoms with van der Waals surface area (Å²) in [6.07, 6.45) is -4.51. The Morgan fingerprint density at radius 3 is 2.65 bits per heavy atom. The van der Waals surface area contributed by atoms with Crippen LogP contribution in [-0.4, -0.2) is 23.5 Å². The second-order valence-electron chi connectivity index (χ2n) is 4.99. The van der Waals surface area contributed by atoms with Gasteiger partial charge in [-0.25, -0.2) is 0 Å². The number of rotatable bonds is 2. The number of hydrogen-bond acceptors (Lipinski definition) is 2. The molecule has 0 aliphatic carbocycles. The molecule has 1 saturated heterocycles. The van der Waals surface area contributed by atoms with Crippen LogP contribution in [0.5, 0.6) is 0 Å². The number of aliphatic carboxylic acids is 1. The standard InChI is InChI=1S/C13H12F3NO3/c1-12(6-17-10(18)9(12)11(19)20)7-3-2-4-8(5-7)13(14,15)16/h2-5,9H,6H2,1H3,(H,17,18)(H,19,20)/t9-,12+/m1/s1. The summed E-state index contributed by atoms with van der Waals surface area (Å²) in [6, 6.07) is 4.43. The molecule has 0 bridgehead atoms. The van der Waals surface area contributed by atoms with Gasteiger partial charge in [0.05, 0.1) is 5.56 Å². The summed E-state index contributed by atoms with van der Waals surface area (Å²) in [5.41, 5.74) is -1.89. The molecule has 0 radical (unpaired) electrons. The predicted molar refractivity (Wildman–Crippen MR) is 62.9 cm³/mol. The number of nitrogens with one attached hydrogen (secondary N) is 1. The molecule has 2 N–H and O–H groups in total. The topological polar surface area (TPSA) is 66.4 Å². The van der Waals surface area contributed by atoms with Gasteiger partial charge in [0, 0.05) is 12.0 Å². The number of halogens is 3. The molecule has 0 unspecified atom stereocenters. The fraction of sp³-hybridized carbons (Fsp3) is 0.385. The predicted octanol–water partition coefficient (Wildman–Crippen LogP) is 1.79. The van der Waals surface area contributed by atoms with Crippen LogP contribution in [0.25, 0.3) is 0 Å². The summed E-state index contributed by atoms with van der Waals surface area (Å²) < 4.78 is 38.1. The van der Waals surface area contributed by atoms with Gasteiger partial charge in [0.2, 0.25) is 5.91 Å². The molecule has 0 saturated carbocycles. The van der Waals surface area contributed by atoms with Crippen molar-refractivity contribution < 1.29 is 27.9 Å². The SMILES string of the molecule is C[C@@]1(c2cccc(C(F)(F)F)c2)CNC(=O)[C@@H]1C(=O)O. The van der Waals surface area contributed by atoms with Crippen molar-refractivity contribution in [2.45, 2.75) is 18.5 Å². The molecule has 4 nitrogen and oxygen atoms in total. The van der Waals surface area contributed by atoms with E-state index in [1.807, 2.05) is 0 Å². The third-order valence-electron chi connectivity index (χ3n) is 3.63. The van der Waals surface area contributed by atoms with Crippen LogP contribution in [0.2, 0.25) is 0 Å². The number of carbonyl (C=O) groups excluding carboxylic acids is 1. The average Bonchev–Trinajstić information content (AvgIpc) is 2.65. The van der Waals surface area contributed by atoms with Gasteiger partial charge in [0.25, 0.3) is 0 Å². The first-order valence-corrected chi connectivity index (χ1v) is 5.84. The minimum absolute atomic E-state index is 0.00981. The van der Waals surface area contributed by atoms with Crippen LogP contribution in [-0.2, 0) is 21.2 Å². The van der Waals surface area contributed by atoms with Crippen LogP contribution in [0, 0.1) is 5.92 Å². The molecule has 1 aromatic rings. The van der Waals surface area contributed by atoms with Crippen LogP contribution in [0.15, 0.2) is 24.3 Å². The highest BCUT2D eigenvalue weighted by molar-refractivity contribution is 6.00. The summed E-state index contributed by atoms with van der Waals surface area (Å²) in [7, 11) is 0. The molecule has 1 aromatic carbocycles. The second-order valence-corrected chi connectivity index (χ2v) is 4.99. The summed E-state index contributed by atoms with van der Waals surface area (Å²) in [5, 5.41) is 11.5. The zero-order valence-corrected chi connectivity index (χ0v) is 10.5. The third-order valence-corrected chi connectivity index (χ3v) is 3.63. The van der Waals surface area contributed by atoms with Crippen molar-refractivity contribution in [1.82, 2.24) is 5.32 Å². The Kier molecular flexibility index (Phi) is 3.23. The summed E-state index contributed by atoms with van der Waals surface area (Å²) in [6.45, 7) is 1.46. The number of alkyl halides is 3. The van der Waals surface area contributed by atoms with Gasteiger partial charge in [0.1, 0.15) is 5.92 Å². The number of carbonyl (C=O) groups is 2. The molecule has 1 fully saturated rings. The maximum Gasteiger partial charge on any atom is 0.416 e. The fourth-order valence-corrected chi connectivity index (χ4v) is 2.47. The van der Waals surface area contributed by atoms with E-state index in [1.165, 1.54) is 19.1 Å². The van der Waals surface area contributed by atoms with Gasteiger partial charge in [-0.1, -0.05) is 25.1 Å². The Morgan fingerprint density at radius 2 is 2.10 bits per heavy atom. The third kappa shape index (κ3) is 2.23. The molecule has 7 heteroatoms. The van der Waals surface area contributed by atoms with E-state index in [9.17, 15) is 22.8 Å². The summed E-state index contributed by atoms with van der Waals surface area (Å²) in [5.74, 6) is -3.43. The Hall–Kier alpha value is -2.05. The molecule has 20 heavy (non-hydrogen) atoms. The maximum atomic E-state index is 12.7. The molecule has 1 aliphatic rings. The molecule has 2 atom stereocenters. The summed E-state index contributed by atoms with van der Waals surface area (Å²) in [4.78, 5) is 22.8. The lowest BCUT2D eigenvalue weighted by atomic mass is 9.73. The van der Waals surface area contributed by atoms with Gasteiger partial charge in [-0.3, -0.25) is 9.59 Å². The largest absolute Gasteiger partial charge is 0.481 e. The van der Waals surface area contributed by atoms with Crippen LogP contribution < -0.4 is 5.32 Å². The lowest BCUT2D eigenvalue weighted by Crippen LogP contribution is -2.38. The van der Waals surface area contributed by atoms with Gasteiger partial charge in [-0.15, -0.1) is 0 Å². The van der Waals surface area contributed by atoms with Gasteiger partial charge >= 0.3 is 12.1 Å². The second kappa shape index (κ2) is 4.50. The van der Waals surface area contributed by atoms with Crippen molar-refractivity contribution >= 4 is 11.9 Å². The van der Waals surface area contributed by atoms with E-state index in [2.05, 4.69) is 5.32 Å². The van der Waals surface area contributed by atoms with E-state index < -0.39 is 34.9 Å². The van der Waals surface area contributed by atoms with E-state index >= 15 is 0 Å². The molecule has 0 aromatic heterocycles. The highest BCUT2D eigenvalue weighted by Crippen LogP contribution is 2.38. The normalized spacial score (nSPS) is 26.4. The Balaban J connectivity index is 2.50. The Morgan fingerprint density at radius 1 is 1.45 bits per heavy atom. The number of hydrogen-bond donors (Lipinski definition) is 2. The Bertz CT molecular complexity index is 570. The van der Waals surface area contributed by atoms with Gasteiger partial charge < -0.3 is 10.4 Å². The first-order valence-electron chi connectivity index (χ1n) is 5.84. The zero-order chi connectivity index (χ0) is 15.1. The molecule has 1 heterocycles. The lowest BCUT2D eigenvalue weighted by molar-refractivity contribution is -0.147. The summed E-state index contributed by atoms with van der Waals surface area (Å²) >= 11 is 0. The van der Waals surface area contributed by atoms with Crippen molar-refractivity contribution in [2.24, 2.45) is 5.92 Å². The van der Waals surface area contributed by atoms with Crippen molar-refractivity contribution in [3.63, 3.8) is 0 Å². The van der Waals surface area contributed by atoms with Gasteiger partial charge in [0.15, 0.2) is 0 Å². The van der Waals surface area contributed by atoms with Crippen LogP contribution in [0.4, 0.5) is 13.2 Å². The van der Waals surface area contributed by atoms with Gasteiger partial charge in [-0.05, 0) is 11.6 Å². The number of carboxylic acids is 1. The zero-order valence-electron chi connectivity index (χ0n) is 10.5. The number of carboxylic acid groups (broad SMARTS) is 1. The quantitative estimate of drug-likeness (QED) is 0.815. The lowest BCUT2D eigenvalue weighted by Gasteiger charge is -2.27. The van der Waals surface area contributed by atoms with E-state index in [1.54, 1.807) is 0 Å². The van der Waals surface area contributed by atoms with Crippen molar-refractivity contribution in [1.29, 1.82) is 0 Å². The van der Waals surface area contributed by atoms with Crippen molar-refractivity contribution in [3.05, 3.63) is 35.4 Å². The minimum atomic E-state index is -4.51. The van der Waals surface area contributed by atoms with Crippen LogP contribution in [0.1, 0.15) is 18.1 Å². The monoisotopic (exact) mass is 287 g/mol. The van der Waals surface area contributed by atoms with Crippen LogP contribution >= 0.6 is 0 Å². The smallest absolute Gasteiger partial charge is 0.416 e. The highest BCUT2D eigenvalue weighted by atomic mass is 19.4. The number of benzene rings is 1. The molecule has 0 spiro atoms. The average molecular weight is 287 g/mol. The van der Waals surface area contributed by atoms with Crippen LogP contribution in [0.3, 0.4) is 0 Å². The van der Waals surface area contributed by atoms with E-state index in [-0.39, 0.29) is 12.1 Å². The highest BCUT2D eigenvalue weighted by Gasteiger charge is 2.51. The fourth-order valence-electron chi connectivity index (χ4n) is 2.47. The number of amides is 1. The van der Waals surface area contributed by atoms with E-state index in [4.69, 9.17) is 5.11 Å². The molecule has 108 valence electrons. The van der Waals surface area contributed by atoms with E-state index in [0.717, 1.165) is 12.1 Å². The molecule has 2 rings (SSSR count). The molecule has 1 amide bonds. The maximum absolute atomic E-state index is 12.7. The molecule has 1 aliphatic heterocycles. The minimum Gasteiger partial charge on any atom is -0.481 e. The Labute approximate surface area is 112 Å². The van der Waals surface area contributed by atoms with Crippen molar-refractivity contribution in [2.75, 3.05) is 6.54 Å². The first kappa shape index (κ1) is 14.4.